The van der Waals surface area contributed by atoms with E-state index in [1.54, 1.807) is 41.3 Å². The number of aromatic amines is 1. The van der Waals surface area contributed by atoms with E-state index in [2.05, 4.69) is 20.2 Å². The number of ether oxygens (including phenoxy) is 3. The van der Waals surface area contributed by atoms with Gasteiger partial charge in [-0.1, -0.05) is 0 Å². The van der Waals surface area contributed by atoms with E-state index < -0.39 is 67.8 Å². The molecule has 72 heavy (non-hydrogen) atoms. The van der Waals surface area contributed by atoms with E-state index in [1.807, 2.05) is 27.7 Å². The van der Waals surface area contributed by atoms with Gasteiger partial charge in [-0.2, -0.15) is 18.8 Å². The number of nitrogens with zero attached hydrogens (tertiary/aromatic N) is 7. The number of carbonyl (C=O) groups is 3. The van der Waals surface area contributed by atoms with Gasteiger partial charge in [0.15, 0.2) is 0 Å². The lowest BCUT2D eigenvalue weighted by Crippen LogP contribution is -2.36. The molecule has 7 aromatic rings. The molecular weight excluding hydrogens is 979 g/mol. The van der Waals surface area contributed by atoms with Gasteiger partial charge in [-0.3, -0.25) is 19.0 Å². The van der Waals surface area contributed by atoms with Crippen LogP contribution in [0.5, 0.6) is 11.5 Å². The summed E-state index contributed by atoms with van der Waals surface area (Å²) in [5.74, 6) is -0.998. The van der Waals surface area contributed by atoms with E-state index in [0.29, 0.717) is 63.2 Å². The minimum absolute atomic E-state index is 0.0313. The third-order valence-electron chi connectivity index (χ3n) is 12.1. The zero-order chi connectivity index (χ0) is 51.6. The number of aromatic nitrogens is 6. The smallest absolute Gasteiger partial charge is 0.311 e. The van der Waals surface area contributed by atoms with E-state index in [4.69, 9.17) is 14.2 Å². The van der Waals surface area contributed by atoms with Crippen molar-refractivity contribution >= 4 is 60.1 Å². The van der Waals surface area contributed by atoms with Gasteiger partial charge in [0, 0.05) is 36.3 Å². The van der Waals surface area contributed by atoms with Crippen molar-refractivity contribution in [2.45, 2.75) is 99.5 Å². The predicted octanol–water partition coefficient (Wildman–Crippen LogP) is 6.57. The number of esters is 1. The first-order chi connectivity index (χ1) is 34.3. The molecule has 0 unspecified atom stereocenters. The summed E-state index contributed by atoms with van der Waals surface area (Å²) >= 11 is 0. The van der Waals surface area contributed by atoms with E-state index in [-0.39, 0.29) is 54.4 Å². The van der Waals surface area contributed by atoms with Gasteiger partial charge in [-0.15, -0.1) is 0 Å². The highest BCUT2D eigenvalue weighted by Gasteiger charge is 2.45. The highest BCUT2D eigenvalue weighted by Crippen LogP contribution is 2.42. The number of hydrogen-bond donors (Lipinski definition) is 2. The highest BCUT2D eigenvalue weighted by atomic mass is 32.2. The molecule has 2 fully saturated rings. The lowest BCUT2D eigenvalue weighted by molar-refractivity contribution is -0.140. The molecule has 19 nitrogen and oxygen atoms in total. The number of carboxylic acid groups (broad SMARTS) is 1. The average molecular weight is 1030 g/mol. The van der Waals surface area contributed by atoms with Crippen LogP contribution in [0.2, 0.25) is 0 Å². The summed E-state index contributed by atoms with van der Waals surface area (Å²) in [5.41, 5.74) is 1.50. The molecule has 0 saturated carbocycles. The molecule has 0 bridgehead atoms. The highest BCUT2D eigenvalue weighted by molar-refractivity contribution is 7.89. The van der Waals surface area contributed by atoms with Gasteiger partial charge < -0.3 is 29.1 Å². The van der Waals surface area contributed by atoms with Gasteiger partial charge in [-0.05, 0) is 125 Å². The van der Waals surface area contributed by atoms with Crippen LogP contribution in [0.15, 0.2) is 107 Å². The first kappa shape index (κ1) is 51.3. The maximum absolute atomic E-state index is 14.2. The number of sulfonamides is 2. The minimum atomic E-state index is -4.01. The molecule has 3 aromatic heterocycles. The maximum atomic E-state index is 14.2. The molecule has 9 rings (SSSR count). The summed E-state index contributed by atoms with van der Waals surface area (Å²) in [4.78, 5) is 42.6. The number of imidazole rings is 1. The molecule has 380 valence electrons. The van der Waals surface area contributed by atoms with Crippen molar-refractivity contribution in [1.82, 2.24) is 38.1 Å². The number of carboxylic acids is 1. The number of fused-ring (bicyclic) bond motifs is 2. The van der Waals surface area contributed by atoms with Crippen LogP contribution < -0.4 is 9.47 Å². The van der Waals surface area contributed by atoms with Gasteiger partial charge in [0.1, 0.15) is 35.2 Å². The SMILES string of the molecule is CC(C)Oc1ccc(S(=O)(=O)N2C[C@H](n3nc(CC(=O)O)c4ccc(F)cc43)C[C@@H]2c2ncc[nH]2)cc1.COC(=O)Cc1nn([C@@H]2C[C@H](C=O)N(S(=O)(=O)c3ccc(OC(C)C)cc3)C2)c2cc(F)ccc12. The zero-order valence-electron chi connectivity index (χ0n) is 39.8. The molecule has 2 aliphatic rings. The molecule has 4 aromatic carbocycles. The molecule has 2 N–H and O–H groups in total. The van der Waals surface area contributed by atoms with Crippen LogP contribution in [0.1, 0.15) is 75.9 Å². The fourth-order valence-electron chi connectivity index (χ4n) is 9.04. The second kappa shape index (κ2) is 20.9. The van der Waals surface area contributed by atoms with Crippen molar-refractivity contribution in [1.29, 1.82) is 0 Å². The topological polar surface area (TPSA) is 238 Å². The molecule has 0 radical (unpaired) electrons. The van der Waals surface area contributed by atoms with Gasteiger partial charge in [0.25, 0.3) is 0 Å². The Morgan fingerprint density at radius 1 is 0.736 bits per heavy atom. The Morgan fingerprint density at radius 3 is 1.68 bits per heavy atom. The molecule has 2 saturated heterocycles. The number of halogens is 2. The van der Waals surface area contributed by atoms with Crippen LogP contribution in [-0.2, 0) is 52.0 Å². The second-order valence-corrected chi connectivity index (χ2v) is 21.6. The van der Waals surface area contributed by atoms with Crippen LogP contribution in [0.25, 0.3) is 21.8 Å². The van der Waals surface area contributed by atoms with E-state index in [9.17, 15) is 45.1 Å². The summed E-state index contributed by atoms with van der Waals surface area (Å²) in [6.45, 7) is 7.50. The zero-order valence-corrected chi connectivity index (χ0v) is 41.4. The molecule has 23 heteroatoms. The summed E-state index contributed by atoms with van der Waals surface area (Å²) in [5, 5.41) is 19.4. The number of aliphatic carboxylic acids is 1. The largest absolute Gasteiger partial charge is 0.491 e. The first-order valence-electron chi connectivity index (χ1n) is 22.9. The predicted molar refractivity (Wildman–Crippen MR) is 257 cm³/mol. The van der Waals surface area contributed by atoms with Crippen molar-refractivity contribution in [3.05, 3.63) is 126 Å². The Morgan fingerprint density at radius 2 is 1.22 bits per heavy atom. The number of H-pyrrole nitrogens is 1. The van der Waals surface area contributed by atoms with E-state index >= 15 is 0 Å². The molecule has 0 spiro atoms. The Bertz CT molecular complexity index is 3330. The van der Waals surface area contributed by atoms with Gasteiger partial charge in [0.2, 0.25) is 20.0 Å². The standard InChI is InChI=1S/C25H26FN5O5S.C24H26FN3O6S/c1-15(2)36-18-4-6-19(7-5-18)37(34,35)30-14-17(12-23(30)25-27-9-10-28-25)31-22-11-16(26)3-8-20(22)21(29-31)13-24(32)33;1-15(2)34-19-5-7-20(8-6-19)35(31,32)27-13-17(11-18(27)14-29)28-23-10-16(25)4-9-21(23)22(26-28)12-24(30)33-3/h3-11,15,17,23H,12-14H2,1-2H3,(H,27,28)(H,32,33);4-10,14-15,17-18H,11-13H2,1-3H3/t17-,23-;17-,18-/m11/s1. The number of aldehydes is 1. The Balaban J connectivity index is 0.000000193. The fraction of sp³-hybridized carbons (Fsp3) is 0.347. The lowest BCUT2D eigenvalue weighted by atomic mass is 10.1. The second-order valence-electron chi connectivity index (χ2n) is 17.8. The van der Waals surface area contributed by atoms with Crippen molar-refractivity contribution < 1.29 is 59.3 Å². The van der Waals surface area contributed by atoms with Gasteiger partial charge in [-0.25, -0.2) is 30.6 Å². The first-order valence-corrected chi connectivity index (χ1v) is 25.8. The van der Waals surface area contributed by atoms with Crippen LogP contribution in [0, 0.1) is 11.6 Å². The minimum Gasteiger partial charge on any atom is -0.491 e. The number of benzene rings is 4. The van der Waals surface area contributed by atoms with E-state index in [0.717, 1.165) is 4.31 Å². The third kappa shape index (κ3) is 10.7. The van der Waals surface area contributed by atoms with Gasteiger partial charge >= 0.3 is 11.9 Å². The molecule has 5 heterocycles. The average Bonchev–Trinajstić information content (AvgIpc) is 4.19. The van der Waals surface area contributed by atoms with Crippen LogP contribution in [0.4, 0.5) is 8.78 Å². The summed E-state index contributed by atoms with van der Waals surface area (Å²) in [6.07, 6.45) is 3.65. The third-order valence-corrected chi connectivity index (χ3v) is 15.9. The number of hydrogen-bond acceptors (Lipinski definition) is 13. The fourth-order valence-corrected chi connectivity index (χ4v) is 12.3. The maximum Gasteiger partial charge on any atom is 0.311 e. The normalized spacial score (nSPS) is 18.7. The van der Waals surface area contributed by atoms with Crippen LogP contribution in [-0.4, -0.2) is 117 Å². The summed E-state index contributed by atoms with van der Waals surface area (Å²) in [7, 11) is -6.71. The Kier molecular flexibility index (Phi) is 14.9. The summed E-state index contributed by atoms with van der Waals surface area (Å²) in [6, 6.07) is 17.8. The molecule has 2 aliphatic heterocycles. The molecule has 4 atom stereocenters. The summed E-state index contributed by atoms with van der Waals surface area (Å²) < 4.78 is 104. The lowest BCUT2D eigenvalue weighted by Gasteiger charge is -2.22. The van der Waals surface area contributed by atoms with Crippen LogP contribution >= 0.6 is 0 Å². The number of methoxy groups -OCH3 is 1. The van der Waals surface area contributed by atoms with Crippen molar-refractivity contribution in [3.63, 3.8) is 0 Å². The molecule has 0 amide bonds. The van der Waals surface area contributed by atoms with Crippen molar-refractivity contribution in [3.8, 4) is 11.5 Å². The Labute approximate surface area is 413 Å². The van der Waals surface area contributed by atoms with E-state index in [1.165, 1.54) is 76.8 Å². The number of rotatable bonds is 16. The van der Waals surface area contributed by atoms with Crippen molar-refractivity contribution in [2.24, 2.45) is 0 Å². The van der Waals surface area contributed by atoms with Gasteiger partial charge in [0.05, 0.1) is 88.5 Å². The quantitative estimate of drug-likeness (QED) is 0.0769. The molecular formula is C49H52F2N8O11S2. The Hall–Kier alpha value is -7.08. The number of nitrogens with one attached hydrogen (secondary N) is 1. The van der Waals surface area contributed by atoms with Crippen LogP contribution in [0.3, 0.4) is 0 Å². The number of carbonyl (C=O) groups excluding carboxylic acids is 2. The van der Waals surface area contributed by atoms with Crippen molar-refractivity contribution in [2.75, 3.05) is 20.2 Å². The molecule has 0 aliphatic carbocycles. The monoisotopic (exact) mass is 1030 g/mol.